The molecule has 2 aliphatic heterocycles. The van der Waals surface area contributed by atoms with E-state index in [0.29, 0.717) is 22.5 Å². The molecule has 0 aliphatic carbocycles. The third-order valence-corrected chi connectivity index (χ3v) is 6.26. The first-order valence-electron chi connectivity index (χ1n) is 11.1. The average molecular weight is 444 g/mol. The van der Waals surface area contributed by atoms with E-state index in [2.05, 4.69) is 15.5 Å². The van der Waals surface area contributed by atoms with Crippen molar-refractivity contribution in [2.75, 3.05) is 18.5 Å². The minimum atomic E-state index is -0.447. The number of likely N-dealkylation sites (tertiary alicyclic amines) is 1. The van der Waals surface area contributed by atoms with Gasteiger partial charge in [-0.3, -0.25) is 19.8 Å². The first kappa shape index (κ1) is 21.2. The van der Waals surface area contributed by atoms with Crippen LogP contribution in [0.1, 0.15) is 34.3 Å². The minimum absolute atomic E-state index is 0.195. The first-order valence-corrected chi connectivity index (χ1v) is 11.1. The van der Waals surface area contributed by atoms with Crippen molar-refractivity contribution in [3.05, 3.63) is 83.8 Å². The van der Waals surface area contributed by atoms with E-state index >= 15 is 0 Å². The summed E-state index contributed by atoms with van der Waals surface area (Å²) >= 11 is 0. The van der Waals surface area contributed by atoms with Crippen LogP contribution in [-0.4, -0.2) is 41.0 Å². The Bertz CT molecular complexity index is 1200. The van der Waals surface area contributed by atoms with E-state index in [9.17, 15) is 14.7 Å². The number of benzene rings is 2. The van der Waals surface area contributed by atoms with Gasteiger partial charge in [-0.25, -0.2) is 0 Å². The number of nitrogens with zero attached hydrogens (tertiary/aromatic N) is 1. The molecule has 2 aliphatic rings. The third-order valence-electron chi connectivity index (χ3n) is 6.26. The molecule has 1 unspecified atom stereocenters. The summed E-state index contributed by atoms with van der Waals surface area (Å²) in [5.74, 6) is -0.191. The maximum atomic E-state index is 12.6. The third kappa shape index (κ3) is 4.33. The van der Waals surface area contributed by atoms with Gasteiger partial charge < -0.3 is 14.8 Å². The summed E-state index contributed by atoms with van der Waals surface area (Å²) in [4.78, 5) is 27.2. The predicted molar refractivity (Wildman–Crippen MR) is 125 cm³/mol. The highest BCUT2D eigenvalue weighted by molar-refractivity contribution is 6.31. The van der Waals surface area contributed by atoms with Crippen molar-refractivity contribution >= 4 is 23.1 Å². The van der Waals surface area contributed by atoms with E-state index in [0.717, 1.165) is 37.2 Å². The van der Waals surface area contributed by atoms with Crippen LogP contribution in [0.3, 0.4) is 0 Å². The number of rotatable bonds is 6. The second-order valence-electron chi connectivity index (χ2n) is 8.37. The quantitative estimate of drug-likeness (QED) is 0.398. The van der Waals surface area contributed by atoms with Gasteiger partial charge in [0.05, 0.1) is 18.4 Å². The Kier molecular flexibility index (Phi) is 5.81. The summed E-state index contributed by atoms with van der Waals surface area (Å²) in [7, 11) is 0. The van der Waals surface area contributed by atoms with Crippen molar-refractivity contribution in [3.63, 3.8) is 0 Å². The monoisotopic (exact) mass is 443 g/mol. The van der Waals surface area contributed by atoms with Gasteiger partial charge in [-0.2, -0.15) is 0 Å². The molecule has 0 bridgehead atoms. The van der Waals surface area contributed by atoms with Crippen LogP contribution in [0.2, 0.25) is 0 Å². The maximum absolute atomic E-state index is 12.6. The molecule has 0 radical (unpaired) electrons. The second kappa shape index (κ2) is 9.05. The number of fused-ring (bicyclic) bond motifs is 1. The average Bonchev–Trinajstić information content (AvgIpc) is 3.52. The van der Waals surface area contributed by atoms with Gasteiger partial charge >= 0.3 is 0 Å². The Morgan fingerprint density at radius 1 is 1.09 bits per heavy atom. The Labute approximate surface area is 191 Å². The summed E-state index contributed by atoms with van der Waals surface area (Å²) in [6.45, 7) is 2.01. The van der Waals surface area contributed by atoms with Crippen molar-refractivity contribution in [1.29, 1.82) is 0 Å². The van der Waals surface area contributed by atoms with E-state index in [1.807, 2.05) is 30.3 Å². The molecule has 3 N–H and O–H groups in total. The van der Waals surface area contributed by atoms with E-state index in [-0.39, 0.29) is 12.6 Å². The molecule has 1 saturated heterocycles. The fraction of sp³-hybridized carbons (Fsp3) is 0.231. The number of aliphatic hydroxyl groups is 1. The highest BCUT2D eigenvalue weighted by Gasteiger charge is 2.28. The number of anilines is 1. The smallest absolute Gasteiger partial charge is 0.260 e. The van der Waals surface area contributed by atoms with Crippen LogP contribution >= 0.6 is 0 Å². The van der Waals surface area contributed by atoms with E-state index in [1.54, 1.807) is 36.7 Å². The lowest BCUT2D eigenvalue weighted by Gasteiger charge is -2.22. The van der Waals surface area contributed by atoms with Crippen LogP contribution < -0.4 is 10.6 Å². The second-order valence-corrected chi connectivity index (χ2v) is 8.37. The number of nitrogens with one attached hydrogen (secondary N) is 2. The predicted octanol–water partition coefficient (Wildman–Crippen LogP) is 3.63. The molecule has 0 saturated carbocycles. The summed E-state index contributed by atoms with van der Waals surface area (Å²) in [5, 5.41) is 15.1. The molecular weight excluding hydrogens is 418 g/mol. The van der Waals surface area contributed by atoms with Crippen LogP contribution in [0.25, 0.3) is 16.9 Å². The molecule has 3 heterocycles. The van der Waals surface area contributed by atoms with Crippen LogP contribution in [-0.2, 0) is 11.3 Å². The van der Waals surface area contributed by atoms with Gasteiger partial charge in [-0.15, -0.1) is 0 Å². The normalized spacial score (nSPS) is 19.5. The first-order chi connectivity index (χ1) is 16.1. The fourth-order valence-corrected chi connectivity index (χ4v) is 4.47. The number of carbonyl (C=O) groups excluding carboxylic acids is 2. The van der Waals surface area contributed by atoms with Crippen molar-refractivity contribution < 1.29 is 19.1 Å². The molecule has 2 amide bonds. The maximum Gasteiger partial charge on any atom is 0.260 e. The summed E-state index contributed by atoms with van der Waals surface area (Å²) in [6, 6.07) is 17.2. The van der Waals surface area contributed by atoms with Gasteiger partial charge in [0.2, 0.25) is 0 Å². The topological polar surface area (TPSA) is 94.8 Å². The van der Waals surface area contributed by atoms with Gasteiger partial charge in [0, 0.05) is 41.2 Å². The molecule has 1 aromatic heterocycles. The lowest BCUT2D eigenvalue weighted by atomic mass is 9.93. The molecule has 5 rings (SSSR count). The van der Waals surface area contributed by atoms with Gasteiger partial charge in [0.25, 0.3) is 11.8 Å². The lowest BCUT2D eigenvalue weighted by Crippen LogP contribution is -2.36. The Morgan fingerprint density at radius 3 is 2.70 bits per heavy atom. The molecule has 2 aromatic carbocycles. The molecule has 7 heteroatoms. The Morgan fingerprint density at radius 2 is 1.94 bits per heavy atom. The summed E-state index contributed by atoms with van der Waals surface area (Å²) in [6.07, 6.45) is 5.37. The largest absolute Gasteiger partial charge is 0.464 e. The Balaban J connectivity index is 1.36. The number of hydrogen-bond acceptors (Lipinski definition) is 6. The highest BCUT2D eigenvalue weighted by atomic mass is 16.3. The molecule has 168 valence electrons. The van der Waals surface area contributed by atoms with E-state index in [1.165, 1.54) is 5.56 Å². The van der Waals surface area contributed by atoms with Crippen LogP contribution in [0, 0.1) is 0 Å². The van der Waals surface area contributed by atoms with Crippen LogP contribution in [0.15, 0.2) is 71.5 Å². The zero-order valence-electron chi connectivity index (χ0n) is 18.1. The zero-order valence-corrected chi connectivity index (χ0v) is 18.1. The zero-order chi connectivity index (χ0) is 22.8. The summed E-state index contributed by atoms with van der Waals surface area (Å²) in [5.41, 5.74) is 4.18. The molecule has 3 aromatic rings. The molecule has 0 spiro atoms. The SMILES string of the molecule is O=C1NC(=O)c2ccc(-c3ccco3)cc2C1=CNc1ccc(CN2CCCC2CO)cc1. The van der Waals surface area contributed by atoms with Crippen molar-refractivity contribution in [3.8, 4) is 11.3 Å². The number of imide groups is 1. The number of hydrogen-bond donors (Lipinski definition) is 3. The minimum Gasteiger partial charge on any atom is -0.464 e. The molecule has 1 fully saturated rings. The van der Waals surface area contributed by atoms with Crippen molar-refractivity contribution in [2.45, 2.75) is 25.4 Å². The van der Waals surface area contributed by atoms with Crippen molar-refractivity contribution in [1.82, 2.24) is 10.2 Å². The van der Waals surface area contributed by atoms with Crippen molar-refractivity contribution in [2.24, 2.45) is 0 Å². The Hall–Kier alpha value is -3.68. The molecule has 33 heavy (non-hydrogen) atoms. The van der Waals surface area contributed by atoms with Gasteiger partial charge in [-0.05, 0) is 61.3 Å². The van der Waals surface area contributed by atoms with E-state index in [4.69, 9.17) is 4.42 Å². The number of amides is 2. The van der Waals surface area contributed by atoms with Gasteiger partial charge in [0.15, 0.2) is 0 Å². The van der Waals surface area contributed by atoms with Gasteiger partial charge in [0.1, 0.15) is 5.76 Å². The fourth-order valence-electron chi connectivity index (χ4n) is 4.47. The molecular formula is C26H25N3O4. The highest BCUT2D eigenvalue weighted by Crippen LogP contribution is 2.30. The standard InChI is InChI=1S/C26H25N3O4/c30-16-20-3-1-11-29(20)15-17-5-8-19(9-6-17)27-14-23-22-13-18(24-4-2-12-33-24)7-10-21(22)25(31)28-26(23)32/h2,4-10,12-14,20,27,30H,1,3,11,15-16H2,(H,28,31,32). The lowest BCUT2D eigenvalue weighted by molar-refractivity contribution is -0.114. The number of carbonyl (C=O) groups is 2. The van der Waals surface area contributed by atoms with Crippen LogP contribution in [0.4, 0.5) is 5.69 Å². The molecule has 1 atom stereocenters. The number of aliphatic hydroxyl groups excluding tert-OH is 1. The number of furan rings is 1. The summed E-state index contributed by atoms with van der Waals surface area (Å²) < 4.78 is 5.46. The van der Waals surface area contributed by atoms with Gasteiger partial charge in [-0.1, -0.05) is 18.2 Å². The molecule has 7 nitrogen and oxygen atoms in total. The van der Waals surface area contributed by atoms with Crippen LogP contribution in [0.5, 0.6) is 0 Å². The van der Waals surface area contributed by atoms with E-state index < -0.39 is 11.8 Å².